The first-order valence-electron chi connectivity index (χ1n) is 5.18. The molecule has 8 heteroatoms. The Morgan fingerprint density at radius 3 is 2.53 bits per heavy atom. The van der Waals surface area contributed by atoms with Crippen LogP contribution in [0.2, 0.25) is 0 Å². The normalized spacial score (nSPS) is 11.5. The van der Waals surface area contributed by atoms with Crippen molar-refractivity contribution in [3.8, 4) is 0 Å². The highest BCUT2D eigenvalue weighted by Gasteiger charge is 2.28. The Balaban J connectivity index is 2.86. The molecule has 0 aliphatic heterocycles. The standard InChI is InChI=1S/C11H11BrF4N2O/c1-18(3-2-11(14,15)16)10(19)6-4-9(17)8(13)5-7(6)12/h4-5H,2-3,17H2,1H3. The number of halogens is 5. The summed E-state index contributed by atoms with van der Waals surface area (Å²) in [6.45, 7) is -0.480. The van der Waals surface area contributed by atoms with E-state index >= 15 is 0 Å². The summed E-state index contributed by atoms with van der Waals surface area (Å²) in [6, 6.07) is 2.09. The summed E-state index contributed by atoms with van der Waals surface area (Å²) in [5, 5.41) is 0. The fourth-order valence-electron chi connectivity index (χ4n) is 1.33. The van der Waals surface area contributed by atoms with Crippen LogP contribution in [0.1, 0.15) is 16.8 Å². The van der Waals surface area contributed by atoms with Gasteiger partial charge >= 0.3 is 6.18 Å². The summed E-state index contributed by atoms with van der Waals surface area (Å²) in [5.41, 5.74) is 5.10. The Labute approximate surface area is 115 Å². The lowest BCUT2D eigenvalue weighted by molar-refractivity contribution is -0.136. The van der Waals surface area contributed by atoms with Crippen molar-refractivity contribution in [1.82, 2.24) is 4.90 Å². The maximum absolute atomic E-state index is 13.1. The third-order valence-corrected chi connectivity index (χ3v) is 3.05. The Morgan fingerprint density at radius 1 is 1.42 bits per heavy atom. The van der Waals surface area contributed by atoms with Gasteiger partial charge in [0.2, 0.25) is 0 Å². The monoisotopic (exact) mass is 342 g/mol. The number of alkyl halides is 3. The Kier molecular flexibility index (Phi) is 4.78. The molecular formula is C11H11BrF4N2O. The highest BCUT2D eigenvalue weighted by molar-refractivity contribution is 9.10. The summed E-state index contributed by atoms with van der Waals surface area (Å²) in [4.78, 5) is 12.8. The molecule has 0 saturated carbocycles. The molecule has 0 spiro atoms. The van der Waals surface area contributed by atoms with Gasteiger partial charge in [0.05, 0.1) is 17.7 Å². The first-order valence-corrected chi connectivity index (χ1v) is 5.98. The molecule has 3 nitrogen and oxygen atoms in total. The third kappa shape index (κ3) is 4.38. The van der Waals surface area contributed by atoms with Crippen LogP contribution in [0.3, 0.4) is 0 Å². The first kappa shape index (κ1) is 15.7. The Hall–Kier alpha value is -1.31. The molecule has 0 bridgehead atoms. The van der Waals surface area contributed by atoms with Crippen LogP contribution in [0, 0.1) is 5.82 Å². The van der Waals surface area contributed by atoms with E-state index in [2.05, 4.69) is 15.9 Å². The van der Waals surface area contributed by atoms with Crippen molar-refractivity contribution in [2.45, 2.75) is 12.6 Å². The second-order valence-electron chi connectivity index (χ2n) is 3.95. The summed E-state index contributed by atoms with van der Waals surface area (Å²) < 4.78 is 49.4. The van der Waals surface area contributed by atoms with E-state index in [9.17, 15) is 22.4 Å². The molecule has 19 heavy (non-hydrogen) atoms. The summed E-state index contributed by atoms with van der Waals surface area (Å²) >= 11 is 2.98. The van der Waals surface area contributed by atoms with E-state index in [1.807, 2.05) is 0 Å². The highest BCUT2D eigenvalue weighted by Crippen LogP contribution is 2.25. The molecule has 1 amide bonds. The minimum Gasteiger partial charge on any atom is -0.396 e. The highest BCUT2D eigenvalue weighted by atomic mass is 79.9. The molecule has 1 aromatic rings. The average molecular weight is 343 g/mol. The molecule has 0 aromatic heterocycles. The van der Waals surface area contributed by atoms with Gasteiger partial charge in [0.1, 0.15) is 5.82 Å². The molecule has 0 heterocycles. The van der Waals surface area contributed by atoms with Crippen molar-refractivity contribution in [1.29, 1.82) is 0 Å². The van der Waals surface area contributed by atoms with Crippen molar-refractivity contribution < 1.29 is 22.4 Å². The molecule has 1 aromatic carbocycles. The van der Waals surface area contributed by atoms with Crippen LogP contribution in [0.25, 0.3) is 0 Å². The van der Waals surface area contributed by atoms with Crippen molar-refractivity contribution in [3.63, 3.8) is 0 Å². The van der Waals surface area contributed by atoms with Crippen LogP contribution in [0.5, 0.6) is 0 Å². The van der Waals surface area contributed by atoms with Gasteiger partial charge in [-0.3, -0.25) is 4.79 Å². The molecule has 1 rings (SSSR count). The summed E-state index contributed by atoms with van der Waals surface area (Å²) in [6.07, 6.45) is -5.45. The molecule has 106 valence electrons. The van der Waals surface area contributed by atoms with E-state index in [0.717, 1.165) is 17.0 Å². The molecule has 0 unspecified atom stereocenters. The Bertz CT molecular complexity index is 490. The van der Waals surface area contributed by atoms with Crippen molar-refractivity contribution in [2.24, 2.45) is 0 Å². The van der Waals surface area contributed by atoms with Crippen molar-refractivity contribution in [3.05, 3.63) is 28.0 Å². The number of hydrogen-bond acceptors (Lipinski definition) is 2. The predicted octanol–water partition coefficient (Wildman–Crippen LogP) is 3.19. The molecule has 0 atom stereocenters. The van der Waals surface area contributed by atoms with Crippen molar-refractivity contribution in [2.75, 3.05) is 19.3 Å². The van der Waals surface area contributed by atoms with Gasteiger partial charge in [0, 0.05) is 18.1 Å². The largest absolute Gasteiger partial charge is 0.396 e. The van der Waals surface area contributed by atoms with Crippen molar-refractivity contribution >= 4 is 27.5 Å². The second-order valence-corrected chi connectivity index (χ2v) is 4.80. The molecule has 2 N–H and O–H groups in total. The van der Waals surface area contributed by atoms with Gasteiger partial charge < -0.3 is 10.6 Å². The number of nitrogens with zero attached hydrogens (tertiary/aromatic N) is 1. The van der Waals surface area contributed by atoms with Crippen LogP contribution < -0.4 is 5.73 Å². The zero-order valence-corrected chi connectivity index (χ0v) is 11.5. The van der Waals surface area contributed by atoms with Gasteiger partial charge in [-0.15, -0.1) is 0 Å². The number of benzene rings is 1. The van der Waals surface area contributed by atoms with Crippen LogP contribution in [0.15, 0.2) is 16.6 Å². The number of nitrogen functional groups attached to an aromatic ring is 1. The fraction of sp³-hybridized carbons (Fsp3) is 0.364. The number of anilines is 1. The SMILES string of the molecule is CN(CCC(F)(F)F)C(=O)c1cc(N)c(F)cc1Br. The number of carbonyl (C=O) groups is 1. The molecule has 0 aliphatic carbocycles. The smallest absolute Gasteiger partial charge is 0.390 e. The zero-order valence-electron chi connectivity index (χ0n) is 9.89. The molecule has 0 aliphatic rings. The predicted molar refractivity (Wildman–Crippen MR) is 66.1 cm³/mol. The van der Waals surface area contributed by atoms with E-state index < -0.39 is 30.9 Å². The molecular weight excluding hydrogens is 332 g/mol. The number of hydrogen-bond donors (Lipinski definition) is 1. The number of amides is 1. The summed E-state index contributed by atoms with van der Waals surface area (Å²) in [7, 11) is 1.24. The zero-order chi connectivity index (χ0) is 14.8. The molecule has 0 radical (unpaired) electrons. The van der Waals surface area contributed by atoms with Gasteiger partial charge in [0.15, 0.2) is 0 Å². The van der Waals surface area contributed by atoms with Gasteiger partial charge in [-0.1, -0.05) is 0 Å². The quantitative estimate of drug-likeness (QED) is 0.677. The van der Waals surface area contributed by atoms with Crippen LogP contribution in [-0.2, 0) is 0 Å². The summed E-state index contributed by atoms with van der Waals surface area (Å²) in [5.74, 6) is -1.37. The Morgan fingerprint density at radius 2 is 2.00 bits per heavy atom. The van der Waals surface area contributed by atoms with Gasteiger partial charge in [-0.25, -0.2) is 4.39 Å². The maximum atomic E-state index is 13.1. The van der Waals surface area contributed by atoms with E-state index in [0.29, 0.717) is 0 Å². The first-order chi connectivity index (χ1) is 8.61. The van der Waals surface area contributed by atoms with E-state index in [-0.39, 0.29) is 15.7 Å². The topological polar surface area (TPSA) is 46.3 Å². The lowest BCUT2D eigenvalue weighted by Crippen LogP contribution is -2.30. The third-order valence-electron chi connectivity index (χ3n) is 2.39. The molecule has 0 fully saturated rings. The van der Waals surface area contributed by atoms with Crippen LogP contribution >= 0.6 is 15.9 Å². The van der Waals surface area contributed by atoms with Gasteiger partial charge in [-0.2, -0.15) is 13.2 Å². The van der Waals surface area contributed by atoms with E-state index in [4.69, 9.17) is 5.73 Å². The van der Waals surface area contributed by atoms with Crippen LogP contribution in [0.4, 0.5) is 23.2 Å². The van der Waals surface area contributed by atoms with E-state index in [1.165, 1.54) is 7.05 Å². The average Bonchev–Trinajstić information content (AvgIpc) is 2.29. The van der Waals surface area contributed by atoms with Gasteiger partial charge in [-0.05, 0) is 28.1 Å². The lowest BCUT2D eigenvalue weighted by atomic mass is 10.1. The number of carbonyl (C=O) groups excluding carboxylic acids is 1. The maximum Gasteiger partial charge on any atom is 0.390 e. The molecule has 0 saturated heterocycles. The number of nitrogens with two attached hydrogens (primary N) is 1. The van der Waals surface area contributed by atoms with Gasteiger partial charge in [0.25, 0.3) is 5.91 Å². The number of rotatable bonds is 3. The minimum atomic E-state index is -4.34. The van der Waals surface area contributed by atoms with E-state index in [1.54, 1.807) is 0 Å². The fourth-order valence-corrected chi connectivity index (χ4v) is 1.82. The second kappa shape index (κ2) is 5.77. The minimum absolute atomic E-state index is 0.0172. The van der Waals surface area contributed by atoms with Crippen LogP contribution in [-0.4, -0.2) is 30.6 Å². The lowest BCUT2D eigenvalue weighted by Gasteiger charge is -2.19.